The summed E-state index contributed by atoms with van der Waals surface area (Å²) in [5.74, 6) is -0.604. The second-order valence-corrected chi connectivity index (χ2v) is 9.72. The monoisotopic (exact) mass is 539 g/mol. The van der Waals surface area contributed by atoms with Crippen LogP contribution in [0.5, 0.6) is 11.5 Å². The normalized spacial score (nSPS) is 11.7. The third kappa shape index (κ3) is 5.41. The van der Waals surface area contributed by atoms with Crippen LogP contribution in [0.15, 0.2) is 81.9 Å². The second kappa shape index (κ2) is 10.6. The van der Waals surface area contributed by atoms with Gasteiger partial charge in [0.25, 0.3) is 16.0 Å². The molecule has 3 N–H and O–H groups in total. The first-order chi connectivity index (χ1) is 17.6. The molecule has 0 bridgehead atoms. The zero-order chi connectivity index (χ0) is 26.7. The molecule has 190 valence electrons. The molecule has 11 heteroatoms. The molecule has 37 heavy (non-hydrogen) atoms. The van der Waals surface area contributed by atoms with Crippen molar-refractivity contribution in [1.29, 1.82) is 0 Å². The lowest BCUT2D eigenvalue weighted by atomic mass is 10.0. The molecule has 0 heterocycles. The number of carbonyl (C=O) groups excluding carboxylic acids is 1. The zero-order valence-corrected chi connectivity index (χ0v) is 21.3. The molecule has 0 unspecified atom stereocenters. The van der Waals surface area contributed by atoms with E-state index >= 15 is 0 Å². The lowest BCUT2D eigenvalue weighted by Crippen LogP contribution is -2.13. The maximum Gasteiger partial charge on any atom is 0.296 e. The number of aryl methyl sites for hydroxylation is 1. The number of nitrogens with one attached hydrogen (secondary N) is 1. The van der Waals surface area contributed by atoms with Gasteiger partial charge in [-0.15, -0.1) is 10.2 Å². The van der Waals surface area contributed by atoms with E-state index in [9.17, 15) is 22.9 Å². The molecule has 0 aliphatic rings. The smallest absolute Gasteiger partial charge is 0.296 e. The van der Waals surface area contributed by atoms with Crippen molar-refractivity contribution in [3.8, 4) is 11.5 Å². The Morgan fingerprint density at radius 1 is 1.05 bits per heavy atom. The summed E-state index contributed by atoms with van der Waals surface area (Å²) >= 11 is 6.22. The second-order valence-electron chi connectivity index (χ2n) is 7.95. The number of aromatic hydroxyl groups is 1. The van der Waals surface area contributed by atoms with Crippen LogP contribution in [0, 0.1) is 0 Å². The fraction of sp³-hybridized carbons (Fsp3) is 0.115. The number of fused-ring (bicyclic) bond motifs is 1. The Morgan fingerprint density at radius 2 is 1.76 bits per heavy atom. The highest BCUT2D eigenvalue weighted by Gasteiger charge is 2.21. The first-order valence-electron chi connectivity index (χ1n) is 11.0. The van der Waals surface area contributed by atoms with Crippen LogP contribution in [0.3, 0.4) is 0 Å². The Hall–Kier alpha value is -3.99. The van der Waals surface area contributed by atoms with Crippen LogP contribution >= 0.6 is 11.6 Å². The van der Waals surface area contributed by atoms with Gasteiger partial charge in [-0.2, -0.15) is 8.42 Å². The standard InChI is InChI=1S/C26H22ClN3O6S/c1-3-15-12-20(23(27)22(13-15)37(33,34)35)29-30-24-17-9-5-4-8-16(17)14-18(25(24)31)26(32)28-19-10-6-7-11-21(19)36-2/h4-14,31H,3H2,1-2H3,(H,28,32)(H,33,34,35). The number of methoxy groups -OCH3 is 1. The number of hydrogen-bond donors (Lipinski definition) is 3. The van der Waals surface area contributed by atoms with E-state index < -0.39 is 26.7 Å². The number of para-hydroxylation sites is 2. The lowest BCUT2D eigenvalue weighted by Gasteiger charge is -2.13. The third-order valence-corrected chi connectivity index (χ3v) is 7.01. The molecular formula is C26H22ClN3O6S. The van der Waals surface area contributed by atoms with Crippen LogP contribution in [-0.4, -0.2) is 31.1 Å². The molecule has 0 saturated heterocycles. The molecule has 0 aliphatic heterocycles. The summed E-state index contributed by atoms with van der Waals surface area (Å²) in [5.41, 5.74) is 0.845. The number of azo groups is 1. The number of rotatable bonds is 7. The molecule has 0 fully saturated rings. The van der Waals surface area contributed by atoms with Gasteiger partial charge in [-0.1, -0.05) is 54.9 Å². The van der Waals surface area contributed by atoms with Crippen LogP contribution in [0.25, 0.3) is 10.8 Å². The van der Waals surface area contributed by atoms with Crippen LogP contribution in [0.4, 0.5) is 17.1 Å². The summed E-state index contributed by atoms with van der Waals surface area (Å²) in [6.07, 6.45) is 0.439. The number of phenolic OH excluding ortho intramolecular Hbond substituents is 1. The number of nitrogens with zero attached hydrogens (tertiary/aromatic N) is 2. The fourth-order valence-electron chi connectivity index (χ4n) is 3.74. The average Bonchev–Trinajstić information content (AvgIpc) is 2.88. The number of benzene rings is 4. The van der Waals surface area contributed by atoms with Crippen molar-refractivity contribution in [3.05, 3.63) is 82.9 Å². The largest absolute Gasteiger partial charge is 0.505 e. The molecule has 9 nitrogen and oxygen atoms in total. The van der Waals surface area contributed by atoms with Gasteiger partial charge in [0, 0.05) is 5.39 Å². The number of anilines is 1. The summed E-state index contributed by atoms with van der Waals surface area (Å²) in [5, 5.41) is 22.8. The van der Waals surface area contributed by atoms with Gasteiger partial charge in [0.1, 0.15) is 22.0 Å². The summed E-state index contributed by atoms with van der Waals surface area (Å²) < 4.78 is 38.4. The summed E-state index contributed by atoms with van der Waals surface area (Å²) in [4.78, 5) is 12.7. The van der Waals surface area contributed by atoms with Gasteiger partial charge in [-0.25, -0.2) is 0 Å². The van der Waals surface area contributed by atoms with Gasteiger partial charge in [0.2, 0.25) is 0 Å². The lowest BCUT2D eigenvalue weighted by molar-refractivity contribution is 0.102. The summed E-state index contributed by atoms with van der Waals surface area (Å²) in [6, 6.07) is 18.1. The molecule has 0 radical (unpaired) electrons. The van der Waals surface area contributed by atoms with Crippen LogP contribution in [-0.2, 0) is 16.5 Å². The molecule has 1 amide bonds. The van der Waals surface area contributed by atoms with E-state index in [1.165, 1.54) is 25.3 Å². The minimum absolute atomic E-state index is 0.0188. The minimum Gasteiger partial charge on any atom is -0.505 e. The first-order valence-corrected chi connectivity index (χ1v) is 12.9. The quantitative estimate of drug-likeness (QED) is 0.177. The summed E-state index contributed by atoms with van der Waals surface area (Å²) in [6.45, 7) is 1.79. The number of ether oxygens (including phenoxy) is 1. The fourth-order valence-corrected chi connectivity index (χ4v) is 4.81. The van der Waals surface area contributed by atoms with E-state index in [0.29, 0.717) is 34.2 Å². The molecule has 0 atom stereocenters. The van der Waals surface area contributed by atoms with Gasteiger partial charge in [0.15, 0.2) is 5.75 Å². The van der Waals surface area contributed by atoms with Gasteiger partial charge in [-0.05, 0) is 47.7 Å². The zero-order valence-electron chi connectivity index (χ0n) is 19.8. The molecule has 4 aromatic carbocycles. The molecule has 4 rings (SSSR count). The van der Waals surface area contributed by atoms with Gasteiger partial charge < -0.3 is 15.2 Å². The first kappa shape index (κ1) is 26.1. The maximum atomic E-state index is 13.2. The van der Waals surface area contributed by atoms with E-state index in [-0.39, 0.29) is 22.0 Å². The Bertz CT molecular complexity index is 1650. The third-order valence-electron chi connectivity index (χ3n) is 5.62. The molecule has 0 aromatic heterocycles. The van der Waals surface area contributed by atoms with Crippen molar-refractivity contribution in [3.63, 3.8) is 0 Å². The number of amides is 1. The highest BCUT2D eigenvalue weighted by Crippen LogP contribution is 2.41. The van der Waals surface area contributed by atoms with E-state index in [2.05, 4.69) is 15.5 Å². The van der Waals surface area contributed by atoms with Crippen LogP contribution in [0.2, 0.25) is 5.02 Å². The van der Waals surface area contributed by atoms with Gasteiger partial charge in [-0.3, -0.25) is 9.35 Å². The van der Waals surface area contributed by atoms with Crippen molar-refractivity contribution in [2.75, 3.05) is 12.4 Å². The predicted octanol–water partition coefficient (Wildman–Crippen LogP) is 6.68. The topological polar surface area (TPSA) is 138 Å². The number of halogens is 1. The minimum atomic E-state index is -4.61. The highest BCUT2D eigenvalue weighted by molar-refractivity contribution is 7.86. The van der Waals surface area contributed by atoms with Gasteiger partial charge in [0.05, 0.1) is 23.4 Å². The summed E-state index contributed by atoms with van der Waals surface area (Å²) in [7, 11) is -3.14. The van der Waals surface area contributed by atoms with Crippen molar-refractivity contribution in [2.24, 2.45) is 10.2 Å². The van der Waals surface area contributed by atoms with E-state index in [1.807, 2.05) is 0 Å². The SMILES string of the molecule is CCc1cc(N=Nc2c(O)c(C(=O)Nc3ccccc3OC)cc3ccccc23)c(Cl)c(S(=O)(=O)O)c1. The molecule has 0 spiro atoms. The predicted molar refractivity (Wildman–Crippen MR) is 141 cm³/mol. The Labute approximate surface area is 218 Å². The molecule has 4 aromatic rings. The van der Waals surface area contributed by atoms with Gasteiger partial charge >= 0.3 is 0 Å². The Balaban J connectivity index is 1.84. The van der Waals surface area contributed by atoms with Crippen molar-refractivity contribution in [2.45, 2.75) is 18.2 Å². The van der Waals surface area contributed by atoms with Crippen molar-refractivity contribution in [1.82, 2.24) is 0 Å². The number of carbonyl (C=O) groups is 1. The Morgan fingerprint density at radius 3 is 2.46 bits per heavy atom. The van der Waals surface area contributed by atoms with E-state index in [4.69, 9.17) is 16.3 Å². The van der Waals surface area contributed by atoms with E-state index in [0.717, 1.165) is 0 Å². The maximum absolute atomic E-state index is 13.2. The van der Waals surface area contributed by atoms with E-state index in [1.54, 1.807) is 55.5 Å². The molecule has 0 aliphatic carbocycles. The highest BCUT2D eigenvalue weighted by atomic mass is 35.5. The Kier molecular flexibility index (Phi) is 7.44. The van der Waals surface area contributed by atoms with Crippen molar-refractivity contribution < 1.29 is 27.6 Å². The van der Waals surface area contributed by atoms with Crippen LogP contribution < -0.4 is 10.1 Å². The van der Waals surface area contributed by atoms with Crippen LogP contribution in [0.1, 0.15) is 22.8 Å². The molecular weight excluding hydrogens is 518 g/mol. The number of hydrogen-bond acceptors (Lipinski definition) is 7. The average molecular weight is 540 g/mol. The number of phenols is 1. The molecule has 0 saturated carbocycles. The van der Waals surface area contributed by atoms with Crippen molar-refractivity contribution >= 4 is 55.5 Å².